The van der Waals surface area contributed by atoms with E-state index in [0.29, 0.717) is 12.3 Å². The summed E-state index contributed by atoms with van der Waals surface area (Å²) in [6, 6.07) is 0. The zero-order valence-corrected chi connectivity index (χ0v) is 8.80. The molecular formula is C12H19FO. The number of hydrogen-bond acceptors (Lipinski definition) is 1. The van der Waals surface area contributed by atoms with Gasteiger partial charge < -0.3 is 5.11 Å². The number of hydrogen-bond donors (Lipinski definition) is 1. The van der Waals surface area contributed by atoms with Crippen molar-refractivity contribution in [1.82, 2.24) is 0 Å². The second kappa shape index (κ2) is 5.97. The van der Waals surface area contributed by atoms with Gasteiger partial charge in [0.1, 0.15) is 0 Å². The average Bonchev–Trinajstić information content (AvgIpc) is 2.26. The fourth-order valence-corrected chi connectivity index (χ4v) is 1.83. The van der Waals surface area contributed by atoms with E-state index in [4.69, 9.17) is 5.11 Å². The highest BCUT2D eigenvalue weighted by Crippen LogP contribution is 2.28. The number of rotatable bonds is 3. The molecule has 80 valence electrons. The molecule has 1 rings (SSSR count). The van der Waals surface area contributed by atoms with Gasteiger partial charge in [-0.3, -0.25) is 0 Å². The molecule has 0 saturated heterocycles. The van der Waals surface area contributed by atoms with Crippen LogP contribution in [0.4, 0.5) is 4.39 Å². The first-order chi connectivity index (χ1) is 6.76. The minimum atomic E-state index is -0.0661. The third-order valence-corrected chi connectivity index (χ3v) is 2.76. The predicted molar refractivity (Wildman–Crippen MR) is 56.6 cm³/mol. The maximum absolute atomic E-state index is 12.8. The Morgan fingerprint density at radius 3 is 3.07 bits per heavy atom. The molecule has 1 aliphatic rings. The molecule has 1 aliphatic carbocycles. The maximum atomic E-state index is 12.8. The van der Waals surface area contributed by atoms with Gasteiger partial charge in [-0.15, -0.1) is 0 Å². The summed E-state index contributed by atoms with van der Waals surface area (Å²) >= 11 is 0. The zero-order chi connectivity index (χ0) is 10.4. The highest BCUT2D eigenvalue weighted by molar-refractivity contribution is 5.16. The molecule has 0 aromatic heterocycles. The van der Waals surface area contributed by atoms with Gasteiger partial charge in [-0.25, -0.2) is 4.39 Å². The molecule has 1 nitrogen and oxygen atoms in total. The highest BCUT2D eigenvalue weighted by Gasteiger charge is 2.15. The zero-order valence-electron chi connectivity index (χ0n) is 8.80. The second-order valence-electron chi connectivity index (χ2n) is 3.94. The van der Waals surface area contributed by atoms with E-state index in [1.165, 1.54) is 5.57 Å². The molecule has 0 spiro atoms. The van der Waals surface area contributed by atoms with Crippen molar-refractivity contribution in [2.75, 3.05) is 6.61 Å². The summed E-state index contributed by atoms with van der Waals surface area (Å²) in [7, 11) is 0. The van der Waals surface area contributed by atoms with Gasteiger partial charge in [0.25, 0.3) is 0 Å². The van der Waals surface area contributed by atoms with Crippen LogP contribution < -0.4 is 0 Å². The van der Waals surface area contributed by atoms with Gasteiger partial charge in [-0.2, -0.15) is 0 Å². The number of halogens is 1. The van der Waals surface area contributed by atoms with Crippen molar-refractivity contribution in [3.8, 4) is 0 Å². The molecule has 2 heteroatoms. The molecular weight excluding hydrogens is 179 g/mol. The van der Waals surface area contributed by atoms with Gasteiger partial charge in [0.05, 0.1) is 5.83 Å². The molecule has 0 aromatic rings. The van der Waals surface area contributed by atoms with Crippen molar-refractivity contribution in [2.24, 2.45) is 5.92 Å². The molecule has 0 aromatic carbocycles. The van der Waals surface area contributed by atoms with E-state index < -0.39 is 0 Å². The minimum Gasteiger partial charge on any atom is -0.396 e. The van der Waals surface area contributed by atoms with Crippen molar-refractivity contribution in [1.29, 1.82) is 0 Å². The van der Waals surface area contributed by atoms with Crippen LogP contribution in [0.3, 0.4) is 0 Å². The Labute approximate surface area is 85.3 Å². The van der Waals surface area contributed by atoms with E-state index in [9.17, 15) is 4.39 Å². The van der Waals surface area contributed by atoms with Gasteiger partial charge >= 0.3 is 0 Å². The molecule has 14 heavy (non-hydrogen) atoms. The molecule has 0 heterocycles. The van der Waals surface area contributed by atoms with E-state index in [1.54, 1.807) is 6.08 Å². The molecule has 1 N–H and O–H groups in total. The fraction of sp³-hybridized carbons (Fsp3) is 0.667. The standard InChI is InChI=1S/C12H19FO/c1-2-12(13)7-6-10-4-3-5-11(8-10)9-14/h6-7,11,14H,2-5,8-9H2,1H3/b10-6+,12-7+/t11-/m1/s1. The first kappa shape index (κ1) is 11.4. The monoisotopic (exact) mass is 198 g/mol. The van der Waals surface area contributed by atoms with Crippen molar-refractivity contribution < 1.29 is 9.50 Å². The van der Waals surface area contributed by atoms with Gasteiger partial charge in [0.2, 0.25) is 0 Å². The Morgan fingerprint density at radius 2 is 2.43 bits per heavy atom. The summed E-state index contributed by atoms with van der Waals surface area (Å²) < 4.78 is 12.8. The maximum Gasteiger partial charge on any atom is 0.0996 e. The van der Waals surface area contributed by atoms with Crippen LogP contribution in [-0.2, 0) is 0 Å². The van der Waals surface area contributed by atoms with Crippen LogP contribution in [-0.4, -0.2) is 11.7 Å². The lowest BCUT2D eigenvalue weighted by molar-refractivity contribution is 0.206. The Balaban J connectivity index is 2.51. The summed E-state index contributed by atoms with van der Waals surface area (Å²) in [6.45, 7) is 2.07. The summed E-state index contributed by atoms with van der Waals surface area (Å²) in [4.78, 5) is 0. The minimum absolute atomic E-state index is 0.0661. The van der Waals surface area contributed by atoms with Crippen LogP contribution in [0.15, 0.2) is 23.6 Å². The summed E-state index contributed by atoms with van der Waals surface area (Å²) in [6.07, 6.45) is 8.14. The van der Waals surface area contributed by atoms with Crippen LogP contribution in [0.2, 0.25) is 0 Å². The largest absolute Gasteiger partial charge is 0.396 e. The molecule has 0 aliphatic heterocycles. The third kappa shape index (κ3) is 3.62. The van der Waals surface area contributed by atoms with Crippen LogP contribution >= 0.6 is 0 Å². The lowest BCUT2D eigenvalue weighted by atomic mass is 9.86. The van der Waals surface area contributed by atoms with Crippen LogP contribution in [0.1, 0.15) is 39.0 Å². The van der Waals surface area contributed by atoms with Gasteiger partial charge in [-0.1, -0.05) is 18.6 Å². The van der Waals surface area contributed by atoms with Crippen molar-refractivity contribution in [3.05, 3.63) is 23.6 Å². The topological polar surface area (TPSA) is 20.2 Å². The average molecular weight is 198 g/mol. The van der Waals surface area contributed by atoms with Gasteiger partial charge in [0, 0.05) is 6.61 Å². The molecule has 0 bridgehead atoms. The quantitative estimate of drug-likeness (QED) is 0.737. The van der Waals surface area contributed by atoms with Crippen LogP contribution in [0.25, 0.3) is 0 Å². The molecule has 0 radical (unpaired) electrons. The number of aliphatic hydroxyl groups excluding tert-OH is 1. The highest BCUT2D eigenvalue weighted by atomic mass is 19.1. The Morgan fingerprint density at radius 1 is 1.64 bits per heavy atom. The molecule has 1 saturated carbocycles. The predicted octanol–water partition coefficient (Wildman–Crippen LogP) is 3.36. The second-order valence-corrected chi connectivity index (χ2v) is 3.94. The number of aliphatic hydroxyl groups is 1. The van der Waals surface area contributed by atoms with Crippen LogP contribution in [0, 0.1) is 5.92 Å². The summed E-state index contributed by atoms with van der Waals surface area (Å²) in [5, 5.41) is 9.02. The normalized spacial score (nSPS) is 26.9. The smallest absolute Gasteiger partial charge is 0.0996 e. The third-order valence-electron chi connectivity index (χ3n) is 2.76. The number of allylic oxidation sites excluding steroid dienone is 4. The van der Waals surface area contributed by atoms with Crippen molar-refractivity contribution in [2.45, 2.75) is 39.0 Å². The van der Waals surface area contributed by atoms with Crippen molar-refractivity contribution >= 4 is 0 Å². The Kier molecular flexibility index (Phi) is 4.88. The summed E-state index contributed by atoms with van der Waals surface area (Å²) in [5.74, 6) is 0.330. The Bertz CT molecular complexity index is 230. The van der Waals surface area contributed by atoms with Gasteiger partial charge in [-0.05, 0) is 44.1 Å². The van der Waals surface area contributed by atoms with Crippen molar-refractivity contribution in [3.63, 3.8) is 0 Å². The van der Waals surface area contributed by atoms with Gasteiger partial charge in [0.15, 0.2) is 0 Å². The van der Waals surface area contributed by atoms with E-state index in [-0.39, 0.29) is 12.4 Å². The van der Waals surface area contributed by atoms with E-state index >= 15 is 0 Å². The molecule has 0 amide bonds. The molecule has 1 fully saturated rings. The van der Waals surface area contributed by atoms with E-state index in [1.807, 2.05) is 13.0 Å². The Hall–Kier alpha value is -0.630. The fourth-order valence-electron chi connectivity index (χ4n) is 1.83. The first-order valence-electron chi connectivity index (χ1n) is 5.41. The molecule has 1 atom stereocenters. The molecule has 0 unspecified atom stereocenters. The lowest BCUT2D eigenvalue weighted by Crippen LogP contribution is -2.12. The van der Waals surface area contributed by atoms with E-state index in [0.717, 1.165) is 25.7 Å². The first-order valence-corrected chi connectivity index (χ1v) is 5.41. The SMILES string of the molecule is CC/C(F)=C\C=C1/CCC[C@@H](CO)C1. The lowest BCUT2D eigenvalue weighted by Gasteiger charge is -2.21. The van der Waals surface area contributed by atoms with E-state index in [2.05, 4.69) is 0 Å². The van der Waals surface area contributed by atoms with Crippen LogP contribution in [0.5, 0.6) is 0 Å². The summed E-state index contributed by atoms with van der Waals surface area (Å²) in [5.41, 5.74) is 1.28.